The largest absolute Gasteiger partial charge is 0.437 e. The van der Waals surface area contributed by atoms with Gasteiger partial charge in [-0.1, -0.05) is 53.7 Å². The predicted molar refractivity (Wildman–Crippen MR) is 121 cm³/mol. The molecule has 4 rings (SSSR count). The van der Waals surface area contributed by atoms with Gasteiger partial charge in [-0.25, -0.2) is 4.98 Å². The smallest absolute Gasteiger partial charge is 0.227 e. The maximum absolute atomic E-state index is 6.30. The molecule has 0 aliphatic rings. The molecule has 0 aliphatic heterocycles. The first-order valence-electron chi connectivity index (χ1n) is 10.5. The summed E-state index contributed by atoms with van der Waals surface area (Å²) in [7, 11) is 0. The van der Waals surface area contributed by atoms with Gasteiger partial charge in [-0.3, -0.25) is 4.98 Å². The quantitative estimate of drug-likeness (QED) is 0.367. The van der Waals surface area contributed by atoms with Crippen LogP contribution in [0, 0.1) is 11.3 Å². The van der Waals surface area contributed by atoms with Crippen LogP contribution in [0.4, 0.5) is 0 Å². The van der Waals surface area contributed by atoms with Crippen LogP contribution in [0.25, 0.3) is 33.3 Å². The molecule has 0 saturated heterocycles. The Morgan fingerprint density at radius 2 is 1.76 bits per heavy atom. The molecule has 1 atom stereocenters. The lowest BCUT2D eigenvalue weighted by atomic mass is 9.88. The number of aromatic nitrogens is 2. The average molecular weight is 387 g/mol. The molecule has 1 unspecified atom stereocenters. The molecule has 29 heavy (non-hydrogen) atoms. The minimum atomic E-state index is 0.234. The second-order valence-electron chi connectivity index (χ2n) is 9.69. The molecule has 0 bridgehead atoms. The van der Waals surface area contributed by atoms with Crippen molar-refractivity contribution in [2.24, 2.45) is 11.3 Å². The number of rotatable bonds is 4. The molecule has 0 N–H and O–H groups in total. The SMILES string of the molecule is CC(C)C(C)c1ccc2c(n1)oc1c(-c3cc(CC(C)(C)C)ccn3)cccc12. The Bertz CT molecular complexity index is 1160. The van der Waals surface area contributed by atoms with E-state index in [1.54, 1.807) is 0 Å². The van der Waals surface area contributed by atoms with E-state index in [0.717, 1.165) is 39.7 Å². The molecule has 0 radical (unpaired) electrons. The Kier molecular flexibility index (Phi) is 4.94. The first-order chi connectivity index (χ1) is 13.7. The molecule has 3 nitrogen and oxygen atoms in total. The van der Waals surface area contributed by atoms with E-state index in [4.69, 9.17) is 9.40 Å². The molecule has 4 aromatic rings. The fourth-order valence-corrected chi connectivity index (χ4v) is 3.83. The summed E-state index contributed by atoms with van der Waals surface area (Å²) in [5.74, 6) is 0.928. The van der Waals surface area contributed by atoms with Crippen molar-refractivity contribution in [3.8, 4) is 11.3 Å². The highest BCUT2D eigenvalue weighted by Crippen LogP contribution is 2.36. The number of furan rings is 1. The molecule has 150 valence electrons. The van der Waals surface area contributed by atoms with Crippen molar-refractivity contribution in [1.29, 1.82) is 0 Å². The molecule has 0 aliphatic carbocycles. The van der Waals surface area contributed by atoms with Gasteiger partial charge in [0, 0.05) is 34.1 Å². The minimum Gasteiger partial charge on any atom is -0.437 e. The van der Waals surface area contributed by atoms with Crippen molar-refractivity contribution in [2.75, 3.05) is 0 Å². The van der Waals surface area contributed by atoms with E-state index >= 15 is 0 Å². The normalized spacial score (nSPS) is 13.5. The second-order valence-corrected chi connectivity index (χ2v) is 9.69. The first kappa shape index (κ1) is 19.6. The zero-order chi connectivity index (χ0) is 20.8. The number of para-hydroxylation sites is 1. The van der Waals surface area contributed by atoms with Gasteiger partial charge >= 0.3 is 0 Å². The number of pyridine rings is 2. The molecule has 3 heteroatoms. The lowest BCUT2D eigenvalue weighted by Crippen LogP contribution is -2.09. The predicted octanol–water partition coefficient (Wildman–Crippen LogP) is 7.39. The average Bonchev–Trinajstić information content (AvgIpc) is 3.04. The summed E-state index contributed by atoms with van der Waals surface area (Å²) in [6.07, 6.45) is 2.91. The van der Waals surface area contributed by atoms with Gasteiger partial charge in [0.1, 0.15) is 5.58 Å². The number of hydrogen-bond donors (Lipinski definition) is 0. The highest BCUT2D eigenvalue weighted by Gasteiger charge is 2.18. The molecule has 3 heterocycles. The van der Waals surface area contributed by atoms with Crippen LogP contribution in [0.15, 0.2) is 53.1 Å². The molecule has 0 saturated carbocycles. The van der Waals surface area contributed by atoms with Crippen LogP contribution in [-0.2, 0) is 6.42 Å². The van der Waals surface area contributed by atoms with Gasteiger partial charge in [0.2, 0.25) is 5.71 Å². The molecule has 0 amide bonds. The van der Waals surface area contributed by atoms with Gasteiger partial charge in [-0.2, -0.15) is 0 Å². The zero-order valence-corrected chi connectivity index (χ0v) is 18.3. The Balaban J connectivity index is 1.84. The van der Waals surface area contributed by atoms with E-state index in [2.05, 4.69) is 89.0 Å². The van der Waals surface area contributed by atoms with Crippen LogP contribution in [0.2, 0.25) is 0 Å². The standard InChI is InChI=1S/C26H30N2O/c1-16(2)17(3)22-11-10-20-19-8-7-9-21(24(19)29-25(20)28-22)23-14-18(12-13-27-23)15-26(4,5)6/h7-14,16-17H,15H2,1-6H3. The van der Waals surface area contributed by atoms with E-state index in [-0.39, 0.29) is 5.41 Å². The molecular formula is C26H30N2O. The minimum absolute atomic E-state index is 0.234. The Morgan fingerprint density at radius 1 is 0.966 bits per heavy atom. The third kappa shape index (κ3) is 3.91. The second kappa shape index (κ2) is 7.29. The molecule has 0 spiro atoms. The highest BCUT2D eigenvalue weighted by molar-refractivity contribution is 6.08. The van der Waals surface area contributed by atoms with Crippen molar-refractivity contribution in [1.82, 2.24) is 9.97 Å². The van der Waals surface area contributed by atoms with Crippen LogP contribution in [0.5, 0.6) is 0 Å². The highest BCUT2D eigenvalue weighted by atomic mass is 16.3. The molecule has 0 fully saturated rings. The molecular weight excluding hydrogens is 356 g/mol. The summed E-state index contributed by atoms with van der Waals surface area (Å²) in [4.78, 5) is 9.50. The summed E-state index contributed by atoms with van der Waals surface area (Å²) in [5, 5.41) is 2.16. The fraction of sp³-hybridized carbons (Fsp3) is 0.385. The fourth-order valence-electron chi connectivity index (χ4n) is 3.83. The van der Waals surface area contributed by atoms with Gasteiger partial charge in [-0.05, 0) is 53.6 Å². The van der Waals surface area contributed by atoms with E-state index < -0.39 is 0 Å². The number of nitrogens with zero attached hydrogens (tertiary/aromatic N) is 2. The maximum Gasteiger partial charge on any atom is 0.227 e. The van der Waals surface area contributed by atoms with Crippen LogP contribution in [0.3, 0.4) is 0 Å². The van der Waals surface area contributed by atoms with Crippen LogP contribution in [0.1, 0.15) is 58.7 Å². The van der Waals surface area contributed by atoms with Crippen molar-refractivity contribution in [2.45, 2.75) is 53.9 Å². The van der Waals surface area contributed by atoms with E-state index in [1.165, 1.54) is 5.56 Å². The third-order valence-electron chi connectivity index (χ3n) is 5.69. The topological polar surface area (TPSA) is 38.9 Å². The number of hydrogen-bond acceptors (Lipinski definition) is 3. The van der Waals surface area contributed by atoms with Gasteiger partial charge in [-0.15, -0.1) is 0 Å². The summed E-state index contributed by atoms with van der Waals surface area (Å²) in [6, 6.07) is 14.9. The first-order valence-corrected chi connectivity index (χ1v) is 10.5. The van der Waals surface area contributed by atoms with Gasteiger partial charge in [0.05, 0.1) is 5.69 Å². The molecule has 1 aromatic carbocycles. The number of benzene rings is 1. The van der Waals surface area contributed by atoms with Crippen LogP contribution in [-0.4, -0.2) is 9.97 Å². The Labute approximate surface area is 173 Å². The van der Waals surface area contributed by atoms with Gasteiger partial charge in [0.25, 0.3) is 0 Å². The summed E-state index contributed by atoms with van der Waals surface area (Å²) in [5.41, 5.74) is 6.16. The van der Waals surface area contributed by atoms with Crippen molar-refractivity contribution < 1.29 is 4.42 Å². The van der Waals surface area contributed by atoms with Crippen LogP contribution >= 0.6 is 0 Å². The van der Waals surface area contributed by atoms with Gasteiger partial charge in [0.15, 0.2) is 0 Å². The van der Waals surface area contributed by atoms with Crippen molar-refractivity contribution >= 4 is 22.1 Å². The third-order valence-corrected chi connectivity index (χ3v) is 5.69. The van der Waals surface area contributed by atoms with Crippen molar-refractivity contribution in [3.63, 3.8) is 0 Å². The Morgan fingerprint density at radius 3 is 2.48 bits per heavy atom. The van der Waals surface area contributed by atoms with E-state index in [9.17, 15) is 0 Å². The summed E-state index contributed by atoms with van der Waals surface area (Å²) >= 11 is 0. The lowest BCUT2D eigenvalue weighted by molar-refractivity contribution is 0.411. The summed E-state index contributed by atoms with van der Waals surface area (Å²) in [6.45, 7) is 13.4. The zero-order valence-electron chi connectivity index (χ0n) is 18.3. The van der Waals surface area contributed by atoms with E-state index in [0.29, 0.717) is 17.5 Å². The van der Waals surface area contributed by atoms with Crippen molar-refractivity contribution in [3.05, 3.63) is 59.9 Å². The Hall–Kier alpha value is -2.68. The monoisotopic (exact) mass is 386 g/mol. The van der Waals surface area contributed by atoms with E-state index in [1.807, 2.05) is 6.20 Å². The van der Waals surface area contributed by atoms with Crippen LogP contribution < -0.4 is 0 Å². The molecule has 3 aromatic heterocycles. The maximum atomic E-state index is 6.30. The van der Waals surface area contributed by atoms with Gasteiger partial charge < -0.3 is 4.42 Å². The summed E-state index contributed by atoms with van der Waals surface area (Å²) < 4.78 is 6.30. The number of fused-ring (bicyclic) bond motifs is 3. The lowest BCUT2D eigenvalue weighted by Gasteiger charge is -2.18.